The molecule has 1 saturated heterocycles. The zero-order valence-electron chi connectivity index (χ0n) is 17.0. The van der Waals surface area contributed by atoms with Gasteiger partial charge >= 0.3 is 0 Å². The van der Waals surface area contributed by atoms with Crippen molar-refractivity contribution in [2.45, 2.75) is 45.6 Å². The first-order valence-corrected chi connectivity index (χ1v) is 10.9. The summed E-state index contributed by atoms with van der Waals surface area (Å²) in [7, 11) is 0. The molecule has 1 aliphatic carbocycles. The number of halogens is 1. The number of nitrogens with zero attached hydrogens (tertiary/aromatic N) is 2. The summed E-state index contributed by atoms with van der Waals surface area (Å²) in [6.45, 7) is 7.75. The molecule has 5 nitrogen and oxygen atoms in total. The van der Waals surface area contributed by atoms with Crippen molar-refractivity contribution in [3.8, 4) is 0 Å². The molecule has 2 fully saturated rings. The number of nitrogens with one attached hydrogen (secondary N) is 1. The Kier molecular flexibility index (Phi) is 7.36. The van der Waals surface area contributed by atoms with Crippen molar-refractivity contribution in [3.63, 3.8) is 0 Å². The molecule has 1 atom stereocenters. The zero-order chi connectivity index (χ0) is 20.1. The lowest BCUT2D eigenvalue weighted by Gasteiger charge is -2.40. The van der Waals surface area contributed by atoms with E-state index in [1.807, 2.05) is 4.90 Å². The molecule has 3 rings (SSSR count). The molecule has 0 bridgehead atoms. The quantitative estimate of drug-likeness (QED) is 0.788. The van der Waals surface area contributed by atoms with Gasteiger partial charge in [-0.05, 0) is 48.9 Å². The van der Waals surface area contributed by atoms with E-state index in [4.69, 9.17) is 11.6 Å². The van der Waals surface area contributed by atoms with E-state index in [1.54, 1.807) is 24.3 Å². The number of carbonyl (C=O) groups excluding carboxylic acids is 2. The van der Waals surface area contributed by atoms with Gasteiger partial charge in [-0.3, -0.25) is 14.5 Å². The Labute approximate surface area is 173 Å². The summed E-state index contributed by atoms with van der Waals surface area (Å²) in [5.41, 5.74) is 0.667. The summed E-state index contributed by atoms with van der Waals surface area (Å²) in [5.74, 6) is 1.09. The molecule has 0 spiro atoms. The zero-order valence-corrected chi connectivity index (χ0v) is 17.8. The fourth-order valence-corrected chi connectivity index (χ4v) is 4.46. The van der Waals surface area contributed by atoms with Crippen molar-refractivity contribution >= 4 is 23.4 Å². The van der Waals surface area contributed by atoms with Gasteiger partial charge < -0.3 is 10.2 Å². The number of hydrogen-bond acceptors (Lipinski definition) is 3. The molecule has 1 aliphatic heterocycles. The number of rotatable bonds is 6. The summed E-state index contributed by atoms with van der Waals surface area (Å²) >= 11 is 5.92. The predicted molar refractivity (Wildman–Crippen MR) is 113 cm³/mol. The lowest BCUT2D eigenvalue weighted by molar-refractivity contribution is -0.129. The van der Waals surface area contributed by atoms with Gasteiger partial charge in [0.1, 0.15) is 0 Å². The molecule has 2 amide bonds. The third-order valence-corrected chi connectivity index (χ3v) is 6.14. The molecule has 154 valence electrons. The second-order valence-electron chi connectivity index (χ2n) is 8.46. The minimum absolute atomic E-state index is 0.0398. The van der Waals surface area contributed by atoms with Crippen molar-refractivity contribution in [2.75, 3.05) is 32.7 Å². The van der Waals surface area contributed by atoms with Crippen LogP contribution in [0.25, 0.3) is 0 Å². The molecule has 2 aliphatic rings. The Morgan fingerprint density at radius 1 is 1.07 bits per heavy atom. The van der Waals surface area contributed by atoms with E-state index in [9.17, 15) is 9.59 Å². The molecule has 1 heterocycles. The van der Waals surface area contributed by atoms with Crippen molar-refractivity contribution < 1.29 is 9.59 Å². The number of hydrogen-bond donors (Lipinski definition) is 1. The Hall–Kier alpha value is -1.59. The molecule has 1 N–H and O–H groups in total. The van der Waals surface area contributed by atoms with Gasteiger partial charge in [-0.1, -0.05) is 38.3 Å². The van der Waals surface area contributed by atoms with Crippen LogP contribution in [0.1, 0.15) is 49.9 Å². The Morgan fingerprint density at radius 2 is 1.68 bits per heavy atom. The summed E-state index contributed by atoms with van der Waals surface area (Å²) in [6.07, 6.45) is 4.69. The largest absolute Gasteiger partial charge is 0.354 e. The van der Waals surface area contributed by atoms with Gasteiger partial charge in [0.25, 0.3) is 5.91 Å². The van der Waals surface area contributed by atoms with Gasteiger partial charge in [0.15, 0.2) is 0 Å². The van der Waals surface area contributed by atoms with Gasteiger partial charge in [-0.2, -0.15) is 0 Å². The van der Waals surface area contributed by atoms with Crippen LogP contribution in [-0.2, 0) is 4.79 Å². The predicted octanol–water partition coefficient (Wildman–Crippen LogP) is 3.43. The third-order valence-electron chi connectivity index (χ3n) is 5.89. The van der Waals surface area contributed by atoms with Gasteiger partial charge in [0, 0.05) is 43.3 Å². The molecule has 6 heteroatoms. The standard InChI is InChI=1S/C22H32ClN3O2/c1-16(2)15-24-21(27)20(17-5-3-4-6-17)25-11-13-26(14-12-25)22(28)18-7-9-19(23)10-8-18/h7-10,16-17,20H,3-6,11-15H2,1-2H3,(H,24,27)/t20-/m1/s1. The fraction of sp³-hybridized carbons (Fsp3) is 0.636. The minimum atomic E-state index is -0.0611. The third kappa shape index (κ3) is 5.26. The van der Waals surface area contributed by atoms with Crippen LogP contribution < -0.4 is 5.32 Å². The number of piperazine rings is 1. The number of benzene rings is 1. The highest BCUT2D eigenvalue weighted by molar-refractivity contribution is 6.30. The molecular formula is C22H32ClN3O2. The van der Waals surface area contributed by atoms with Gasteiger partial charge in [0.05, 0.1) is 6.04 Å². The molecule has 1 saturated carbocycles. The second-order valence-corrected chi connectivity index (χ2v) is 8.90. The average Bonchev–Trinajstić information content (AvgIpc) is 3.21. The topological polar surface area (TPSA) is 52.7 Å². The lowest BCUT2D eigenvalue weighted by atomic mass is 9.94. The molecule has 0 radical (unpaired) electrons. The Balaban J connectivity index is 1.61. The first-order valence-electron chi connectivity index (χ1n) is 10.5. The average molecular weight is 406 g/mol. The highest BCUT2D eigenvalue weighted by Crippen LogP contribution is 2.31. The Bertz CT molecular complexity index is 663. The molecule has 0 aromatic heterocycles. The molecule has 0 unspecified atom stereocenters. The van der Waals surface area contributed by atoms with E-state index < -0.39 is 0 Å². The van der Waals surface area contributed by atoms with Crippen LogP contribution in [0.15, 0.2) is 24.3 Å². The maximum atomic E-state index is 13.0. The van der Waals surface area contributed by atoms with Crippen LogP contribution >= 0.6 is 11.6 Å². The van der Waals surface area contributed by atoms with Crippen LogP contribution in [0.5, 0.6) is 0 Å². The van der Waals surface area contributed by atoms with E-state index in [0.717, 1.165) is 32.5 Å². The van der Waals surface area contributed by atoms with Crippen molar-refractivity contribution in [3.05, 3.63) is 34.9 Å². The van der Waals surface area contributed by atoms with E-state index in [2.05, 4.69) is 24.1 Å². The lowest BCUT2D eigenvalue weighted by Crippen LogP contribution is -2.58. The highest BCUT2D eigenvalue weighted by atomic mass is 35.5. The Morgan fingerprint density at radius 3 is 2.25 bits per heavy atom. The van der Waals surface area contributed by atoms with Crippen LogP contribution in [0.4, 0.5) is 0 Å². The van der Waals surface area contributed by atoms with Crippen molar-refractivity contribution in [1.29, 1.82) is 0 Å². The van der Waals surface area contributed by atoms with Gasteiger partial charge in [-0.25, -0.2) is 0 Å². The van der Waals surface area contributed by atoms with E-state index >= 15 is 0 Å². The van der Waals surface area contributed by atoms with E-state index in [-0.39, 0.29) is 17.9 Å². The number of carbonyl (C=O) groups is 2. The molecule has 1 aromatic rings. The highest BCUT2D eigenvalue weighted by Gasteiger charge is 2.37. The van der Waals surface area contributed by atoms with Crippen molar-refractivity contribution in [1.82, 2.24) is 15.1 Å². The maximum Gasteiger partial charge on any atom is 0.253 e. The van der Waals surface area contributed by atoms with Crippen molar-refractivity contribution in [2.24, 2.45) is 11.8 Å². The minimum Gasteiger partial charge on any atom is -0.354 e. The SMILES string of the molecule is CC(C)CNC(=O)[C@@H](C1CCCC1)N1CCN(C(=O)c2ccc(Cl)cc2)CC1. The molecular weight excluding hydrogens is 374 g/mol. The van der Waals surface area contributed by atoms with Gasteiger partial charge in [0.2, 0.25) is 5.91 Å². The van der Waals surface area contributed by atoms with Gasteiger partial charge in [-0.15, -0.1) is 0 Å². The number of amides is 2. The molecule has 28 heavy (non-hydrogen) atoms. The second kappa shape index (κ2) is 9.75. The maximum absolute atomic E-state index is 13.0. The van der Waals surface area contributed by atoms with Crippen LogP contribution in [0.2, 0.25) is 5.02 Å². The van der Waals surface area contributed by atoms with E-state index in [0.29, 0.717) is 35.5 Å². The molecule has 1 aromatic carbocycles. The summed E-state index contributed by atoms with van der Waals surface area (Å²) in [5, 5.41) is 3.78. The summed E-state index contributed by atoms with van der Waals surface area (Å²) < 4.78 is 0. The van der Waals surface area contributed by atoms with E-state index in [1.165, 1.54) is 12.8 Å². The summed E-state index contributed by atoms with van der Waals surface area (Å²) in [6, 6.07) is 6.99. The van der Waals surface area contributed by atoms with Crippen LogP contribution in [0.3, 0.4) is 0 Å². The first kappa shape index (κ1) is 21.1. The normalized spacial score (nSPS) is 19.8. The first-order chi connectivity index (χ1) is 13.5. The smallest absolute Gasteiger partial charge is 0.253 e. The fourth-order valence-electron chi connectivity index (χ4n) is 4.34. The van der Waals surface area contributed by atoms with Crippen LogP contribution in [0, 0.1) is 11.8 Å². The monoisotopic (exact) mass is 405 g/mol. The summed E-state index contributed by atoms with van der Waals surface area (Å²) in [4.78, 5) is 29.9. The van der Waals surface area contributed by atoms with Crippen LogP contribution in [-0.4, -0.2) is 60.4 Å².